The van der Waals surface area contributed by atoms with E-state index in [4.69, 9.17) is 4.74 Å². The molecule has 102 valence electrons. The standard InChI is InChI=1S/C14H18BrN3O/c1-10(2)18-7-6-12(17-18)9-19-14-5-4-11(3)16-13(14)8-15/h4-7,10H,8-9H2,1-3H3. The van der Waals surface area contributed by atoms with Crippen molar-refractivity contribution in [1.82, 2.24) is 14.8 Å². The minimum absolute atomic E-state index is 0.368. The topological polar surface area (TPSA) is 39.9 Å². The molecule has 0 atom stereocenters. The van der Waals surface area contributed by atoms with Gasteiger partial charge in [-0.1, -0.05) is 15.9 Å². The van der Waals surface area contributed by atoms with Crippen LogP contribution in [-0.4, -0.2) is 14.8 Å². The molecule has 2 aromatic rings. The first-order valence-corrected chi connectivity index (χ1v) is 7.41. The SMILES string of the molecule is Cc1ccc(OCc2ccn(C(C)C)n2)c(CBr)n1. The Morgan fingerprint density at radius 2 is 2.11 bits per heavy atom. The number of aryl methyl sites for hydroxylation is 1. The van der Waals surface area contributed by atoms with Gasteiger partial charge in [0.05, 0.1) is 11.4 Å². The third-order valence-corrected chi connectivity index (χ3v) is 3.30. The summed E-state index contributed by atoms with van der Waals surface area (Å²) in [6, 6.07) is 6.26. The molecule has 2 heterocycles. The normalized spacial score (nSPS) is 11.0. The molecular weight excluding hydrogens is 306 g/mol. The number of aromatic nitrogens is 3. The number of hydrogen-bond donors (Lipinski definition) is 0. The predicted octanol–water partition coefficient (Wildman–Crippen LogP) is 3.64. The summed E-state index contributed by atoms with van der Waals surface area (Å²) < 4.78 is 7.72. The molecule has 0 aliphatic rings. The minimum atomic E-state index is 0.368. The Morgan fingerprint density at radius 1 is 1.32 bits per heavy atom. The van der Waals surface area contributed by atoms with Gasteiger partial charge in [-0.25, -0.2) is 0 Å². The Bertz CT molecular complexity index is 551. The highest BCUT2D eigenvalue weighted by Gasteiger charge is 2.07. The molecule has 0 fully saturated rings. The maximum atomic E-state index is 5.79. The summed E-state index contributed by atoms with van der Waals surface area (Å²) in [5.74, 6) is 0.807. The van der Waals surface area contributed by atoms with Gasteiger partial charge >= 0.3 is 0 Å². The molecule has 0 saturated carbocycles. The number of pyridine rings is 1. The van der Waals surface area contributed by atoms with E-state index in [0.29, 0.717) is 18.0 Å². The number of halogens is 1. The Hall–Kier alpha value is -1.36. The van der Waals surface area contributed by atoms with Crippen molar-refractivity contribution in [2.24, 2.45) is 0 Å². The van der Waals surface area contributed by atoms with E-state index in [9.17, 15) is 0 Å². The molecule has 0 N–H and O–H groups in total. The van der Waals surface area contributed by atoms with Crippen LogP contribution in [0.25, 0.3) is 0 Å². The highest BCUT2D eigenvalue weighted by Crippen LogP contribution is 2.20. The maximum Gasteiger partial charge on any atom is 0.142 e. The summed E-state index contributed by atoms with van der Waals surface area (Å²) in [5, 5.41) is 5.14. The van der Waals surface area contributed by atoms with Crippen LogP contribution in [0.4, 0.5) is 0 Å². The van der Waals surface area contributed by atoms with Gasteiger partial charge in [-0.2, -0.15) is 5.10 Å². The summed E-state index contributed by atoms with van der Waals surface area (Å²) in [5.41, 5.74) is 2.84. The molecule has 0 aliphatic heterocycles. The Labute approximate surface area is 121 Å². The first-order chi connectivity index (χ1) is 9.10. The van der Waals surface area contributed by atoms with Crippen molar-refractivity contribution in [1.29, 1.82) is 0 Å². The molecule has 0 bridgehead atoms. The zero-order chi connectivity index (χ0) is 13.8. The van der Waals surface area contributed by atoms with Crippen LogP contribution in [0.2, 0.25) is 0 Å². The van der Waals surface area contributed by atoms with Gasteiger partial charge in [0.25, 0.3) is 0 Å². The fourth-order valence-electron chi connectivity index (χ4n) is 1.72. The molecule has 0 aliphatic carbocycles. The molecule has 2 rings (SSSR count). The quantitative estimate of drug-likeness (QED) is 0.788. The zero-order valence-electron chi connectivity index (χ0n) is 11.4. The van der Waals surface area contributed by atoms with Gasteiger partial charge in [-0.05, 0) is 39.0 Å². The molecule has 0 radical (unpaired) electrons. The summed E-state index contributed by atoms with van der Waals surface area (Å²) >= 11 is 3.43. The van der Waals surface area contributed by atoms with Crippen molar-refractivity contribution in [3.63, 3.8) is 0 Å². The first kappa shape index (κ1) is 14.1. The molecule has 4 nitrogen and oxygen atoms in total. The lowest BCUT2D eigenvalue weighted by atomic mass is 10.3. The Balaban J connectivity index is 2.05. The van der Waals surface area contributed by atoms with Gasteiger partial charge in [0.1, 0.15) is 12.4 Å². The molecular formula is C14H18BrN3O. The number of hydrogen-bond acceptors (Lipinski definition) is 3. The lowest BCUT2D eigenvalue weighted by Crippen LogP contribution is -2.04. The molecule has 0 spiro atoms. The zero-order valence-corrected chi connectivity index (χ0v) is 13.0. The fraction of sp³-hybridized carbons (Fsp3) is 0.429. The maximum absolute atomic E-state index is 5.79. The van der Waals surface area contributed by atoms with Crippen LogP contribution in [0.15, 0.2) is 24.4 Å². The van der Waals surface area contributed by atoms with Gasteiger partial charge in [-0.15, -0.1) is 0 Å². The summed E-state index contributed by atoms with van der Waals surface area (Å²) in [7, 11) is 0. The number of alkyl halides is 1. The highest BCUT2D eigenvalue weighted by molar-refractivity contribution is 9.08. The van der Waals surface area contributed by atoms with Gasteiger partial charge in [0, 0.05) is 23.3 Å². The second-order valence-electron chi connectivity index (χ2n) is 4.70. The third-order valence-electron chi connectivity index (χ3n) is 2.77. The number of ether oxygens (including phenoxy) is 1. The monoisotopic (exact) mass is 323 g/mol. The van der Waals surface area contributed by atoms with E-state index in [0.717, 1.165) is 22.8 Å². The molecule has 0 unspecified atom stereocenters. The smallest absolute Gasteiger partial charge is 0.142 e. The van der Waals surface area contributed by atoms with E-state index >= 15 is 0 Å². The van der Waals surface area contributed by atoms with Crippen molar-refractivity contribution in [3.8, 4) is 5.75 Å². The van der Waals surface area contributed by atoms with Crippen molar-refractivity contribution in [3.05, 3.63) is 41.5 Å². The minimum Gasteiger partial charge on any atom is -0.485 e. The largest absolute Gasteiger partial charge is 0.485 e. The summed E-state index contributed by atoms with van der Waals surface area (Å²) in [6.07, 6.45) is 1.97. The molecule has 19 heavy (non-hydrogen) atoms. The van der Waals surface area contributed by atoms with Gasteiger partial charge in [0.15, 0.2) is 0 Å². The lowest BCUT2D eigenvalue weighted by molar-refractivity contribution is 0.295. The van der Waals surface area contributed by atoms with Gasteiger partial charge in [-0.3, -0.25) is 9.67 Å². The number of nitrogens with zero attached hydrogens (tertiary/aromatic N) is 3. The Morgan fingerprint density at radius 3 is 2.74 bits per heavy atom. The molecule has 0 saturated heterocycles. The second-order valence-corrected chi connectivity index (χ2v) is 5.26. The first-order valence-electron chi connectivity index (χ1n) is 6.29. The van der Waals surface area contributed by atoms with Crippen LogP contribution in [0.5, 0.6) is 5.75 Å². The van der Waals surface area contributed by atoms with Crippen molar-refractivity contribution in [2.75, 3.05) is 0 Å². The highest BCUT2D eigenvalue weighted by atomic mass is 79.9. The average Bonchev–Trinajstić information content (AvgIpc) is 2.86. The van der Waals surface area contributed by atoms with Gasteiger partial charge in [0.2, 0.25) is 0 Å². The van der Waals surface area contributed by atoms with E-state index in [1.807, 2.05) is 36.0 Å². The summed E-state index contributed by atoms with van der Waals surface area (Å²) in [4.78, 5) is 4.44. The number of rotatable bonds is 5. The average molecular weight is 324 g/mol. The molecule has 0 amide bonds. The Kier molecular flexibility index (Phi) is 4.58. The molecule has 0 aromatic carbocycles. The van der Waals surface area contributed by atoms with E-state index in [1.54, 1.807) is 0 Å². The van der Waals surface area contributed by atoms with Crippen LogP contribution >= 0.6 is 15.9 Å². The summed E-state index contributed by atoms with van der Waals surface area (Å²) in [6.45, 7) is 6.64. The van der Waals surface area contributed by atoms with Crippen molar-refractivity contribution >= 4 is 15.9 Å². The molecule has 2 aromatic heterocycles. The van der Waals surface area contributed by atoms with Crippen LogP contribution < -0.4 is 4.74 Å². The lowest BCUT2D eigenvalue weighted by Gasteiger charge is -2.09. The van der Waals surface area contributed by atoms with Crippen LogP contribution in [0, 0.1) is 6.92 Å². The third kappa shape index (κ3) is 3.56. The fourth-order valence-corrected chi connectivity index (χ4v) is 2.12. The van der Waals surface area contributed by atoms with Gasteiger partial charge < -0.3 is 4.74 Å². The van der Waals surface area contributed by atoms with E-state index in [-0.39, 0.29) is 0 Å². The van der Waals surface area contributed by atoms with E-state index in [2.05, 4.69) is 39.9 Å². The van der Waals surface area contributed by atoms with E-state index < -0.39 is 0 Å². The molecule has 5 heteroatoms. The second kappa shape index (κ2) is 6.19. The van der Waals surface area contributed by atoms with Crippen molar-refractivity contribution < 1.29 is 4.74 Å². The predicted molar refractivity (Wildman–Crippen MR) is 78.5 cm³/mol. The van der Waals surface area contributed by atoms with Crippen LogP contribution in [0.1, 0.15) is 37.0 Å². The van der Waals surface area contributed by atoms with Crippen molar-refractivity contribution in [2.45, 2.75) is 38.8 Å². The van der Waals surface area contributed by atoms with Crippen LogP contribution in [-0.2, 0) is 11.9 Å². The van der Waals surface area contributed by atoms with Crippen LogP contribution in [0.3, 0.4) is 0 Å². The van der Waals surface area contributed by atoms with E-state index in [1.165, 1.54) is 0 Å².